The maximum absolute atomic E-state index is 12.7. The lowest BCUT2D eigenvalue weighted by atomic mass is 10.1. The molecule has 3 aromatic rings. The molecule has 9 heteroatoms. The molecule has 4 rings (SSSR count). The number of hydrogen-bond donors (Lipinski definition) is 1. The molecule has 1 amide bonds. The number of aromatic amines is 1. The number of nitrogens with one attached hydrogen (secondary N) is 1. The molecule has 1 aromatic carbocycles. The molecule has 0 unspecified atom stereocenters. The monoisotopic (exact) mass is 471 g/mol. The van der Waals surface area contributed by atoms with Gasteiger partial charge in [-0.3, -0.25) is 14.2 Å². The number of aromatic nitrogens is 3. The largest absolute Gasteiger partial charge is 0.353 e. The summed E-state index contributed by atoms with van der Waals surface area (Å²) in [5, 5.41) is 1.26. The van der Waals surface area contributed by atoms with Crippen molar-refractivity contribution < 1.29 is 4.79 Å². The zero-order chi connectivity index (χ0) is 22.5. The molecule has 7 nitrogen and oxygen atoms in total. The number of fused-ring (bicyclic) bond motifs is 1. The van der Waals surface area contributed by atoms with E-state index in [1.54, 1.807) is 16.8 Å². The Morgan fingerprint density at radius 3 is 2.59 bits per heavy atom. The second-order valence-electron chi connectivity index (χ2n) is 7.95. The number of H-pyrrole nitrogens is 1. The fourth-order valence-corrected chi connectivity index (χ4v) is 4.42. The maximum Gasteiger partial charge on any atom is 0.262 e. The van der Waals surface area contributed by atoms with Gasteiger partial charge in [0.25, 0.3) is 5.56 Å². The summed E-state index contributed by atoms with van der Waals surface area (Å²) in [5.74, 6) is 1.08. The van der Waals surface area contributed by atoms with Crippen molar-refractivity contribution in [2.45, 2.75) is 32.2 Å². The van der Waals surface area contributed by atoms with E-state index in [1.807, 2.05) is 35.2 Å². The Morgan fingerprint density at radius 1 is 1.06 bits per heavy atom. The molecule has 168 valence electrons. The lowest BCUT2D eigenvalue weighted by molar-refractivity contribution is -0.131. The molecule has 0 aliphatic carbocycles. The van der Waals surface area contributed by atoms with Crippen LogP contribution in [0.2, 0.25) is 5.02 Å². The summed E-state index contributed by atoms with van der Waals surface area (Å²) >= 11 is 11.3. The van der Waals surface area contributed by atoms with E-state index in [9.17, 15) is 9.59 Å². The molecule has 1 fully saturated rings. The highest BCUT2D eigenvalue weighted by molar-refractivity contribution is 7.71. The van der Waals surface area contributed by atoms with Crippen molar-refractivity contribution in [2.24, 2.45) is 0 Å². The summed E-state index contributed by atoms with van der Waals surface area (Å²) in [7, 11) is 0. The SMILES string of the molecule is O=C(CCCCCn1c(=S)[nH]c2ccccc2c1=O)N1CCN(c2ccc(Cl)cn2)CC1. The van der Waals surface area contributed by atoms with Gasteiger partial charge in [0.1, 0.15) is 5.82 Å². The van der Waals surface area contributed by atoms with E-state index in [4.69, 9.17) is 23.8 Å². The third kappa shape index (κ3) is 5.19. The molecular formula is C23H26ClN5O2S. The first-order valence-corrected chi connectivity index (χ1v) is 11.7. The van der Waals surface area contributed by atoms with Gasteiger partial charge in [-0.2, -0.15) is 0 Å². The maximum atomic E-state index is 12.7. The quantitative estimate of drug-likeness (QED) is 0.416. The number of benzene rings is 1. The molecule has 1 aliphatic heterocycles. The van der Waals surface area contributed by atoms with Gasteiger partial charge in [-0.25, -0.2) is 4.98 Å². The van der Waals surface area contributed by atoms with E-state index in [-0.39, 0.29) is 11.5 Å². The van der Waals surface area contributed by atoms with Crippen LogP contribution in [0.15, 0.2) is 47.4 Å². The van der Waals surface area contributed by atoms with Crippen molar-refractivity contribution in [2.75, 3.05) is 31.1 Å². The van der Waals surface area contributed by atoms with Gasteiger partial charge < -0.3 is 14.8 Å². The Morgan fingerprint density at radius 2 is 1.84 bits per heavy atom. The smallest absolute Gasteiger partial charge is 0.262 e. The van der Waals surface area contributed by atoms with Crippen LogP contribution in [0.1, 0.15) is 25.7 Å². The minimum Gasteiger partial charge on any atom is -0.353 e. The highest BCUT2D eigenvalue weighted by atomic mass is 35.5. The molecule has 2 aromatic heterocycles. The first-order chi connectivity index (χ1) is 15.5. The van der Waals surface area contributed by atoms with Gasteiger partial charge in [0, 0.05) is 45.3 Å². The zero-order valence-corrected chi connectivity index (χ0v) is 19.4. The predicted molar refractivity (Wildman–Crippen MR) is 130 cm³/mol. The van der Waals surface area contributed by atoms with Crippen molar-refractivity contribution >= 4 is 46.4 Å². The van der Waals surface area contributed by atoms with Crippen molar-refractivity contribution in [1.82, 2.24) is 19.4 Å². The molecule has 32 heavy (non-hydrogen) atoms. The van der Waals surface area contributed by atoms with Crippen LogP contribution in [-0.2, 0) is 11.3 Å². The number of carbonyl (C=O) groups is 1. The average Bonchev–Trinajstić information content (AvgIpc) is 2.81. The molecule has 1 N–H and O–H groups in total. The summed E-state index contributed by atoms with van der Waals surface area (Å²) in [6, 6.07) is 11.1. The molecule has 0 saturated carbocycles. The van der Waals surface area contributed by atoms with Crippen molar-refractivity contribution in [3.63, 3.8) is 0 Å². The van der Waals surface area contributed by atoms with Crippen LogP contribution in [0.3, 0.4) is 0 Å². The number of hydrogen-bond acceptors (Lipinski definition) is 5. The minimum atomic E-state index is -0.0616. The molecule has 1 saturated heterocycles. The van der Waals surface area contributed by atoms with Gasteiger partial charge in [-0.05, 0) is 49.3 Å². The highest BCUT2D eigenvalue weighted by Crippen LogP contribution is 2.17. The van der Waals surface area contributed by atoms with Crippen molar-refractivity contribution in [1.29, 1.82) is 0 Å². The lowest BCUT2D eigenvalue weighted by Crippen LogP contribution is -2.49. The van der Waals surface area contributed by atoms with E-state index < -0.39 is 0 Å². The third-order valence-corrected chi connectivity index (χ3v) is 6.38. The first kappa shape index (κ1) is 22.5. The second-order valence-corrected chi connectivity index (χ2v) is 8.77. The summed E-state index contributed by atoms with van der Waals surface area (Å²) in [5.41, 5.74) is 0.699. The number of nitrogens with zero attached hydrogens (tertiary/aromatic N) is 4. The van der Waals surface area contributed by atoms with Crippen molar-refractivity contribution in [3.05, 3.63) is 62.7 Å². The minimum absolute atomic E-state index is 0.0616. The highest BCUT2D eigenvalue weighted by Gasteiger charge is 2.21. The van der Waals surface area contributed by atoms with E-state index in [1.165, 1.54) is 0 Å². The van der Waals surface area contributed by atoms with Crippen LogP contribution < -0.4 is 10.5 Å². The van der Waals surface area contributed by atoms with Gasteiger partial charge in [-0.15, -0.1) is 0 Å². The number of unbranched alkanes of at least 4 members (excludes halogenated alkanes) is 2. The number of carbonyl (C=O) groups excluding carboxylic acids is 1. The molecule has 1 aliphatic rings. The number of rotatable bonds is 7. The Kier molecular flexibility index (Phi) is 7.22. The Balaban J connectivity index is 1.21. The number of anilines is 1. The Hall–Kier alpha value is -2.71. The number of para-hydroxylation sites is 1. The fraction of sp³-hybridized carbons (Fsp3) is 0.391. The van der Waals surface area contributed by atoms with E-state index in [0.717, 1.165) is 43.7 Å². The summed E-state index contributed by atoms with van der Waals surface area (Å²) < 4.78 is 2.06. The van der Waals surface area contributed by atoms with Crippen LogP contribution in [-0.4, -0.2) is 51.5 Å². The van der Waals surface area contributed by atoms with Crippen LogP contribution in [0.25, 0.3) is 10.9 Å². The van der Waals surface area contributed by atoms with Crippen LogP contribution in [0, 0.1) is 4.77 Å². The van der Waals surface area contributed by atoms with E-state index >= 15 is 0 Å². The van der Waals surface area contributed by atoms with E-state index in [0.29, 0.717) is 41.2 Å². The molecule has 0 spiro atoms. The number of pyridine rings is 1. The Bertz CT molecular complexity index is 1200. The topological polar surface area (TPSA) is 74.2 Å². The number of piperazine rings is 1. The normalized spacial score (nSPS) is 14.2. The first-order valence-electron chi connectivity index (χ1n) is 10.9. The Labute approximate surface area is 196 Å². The van der Waals surface area contributed by atoms with Gasteiger partial charge in [-0.1, -0.05) is 30.2 Å². The van der Waals surface area contributed by atoms with Gasteiger partial charge in [0.15, 0.2) is 4.77 Å². The molecule has 0 bridgehead atoms. The average molecular weight is 472 g/mol. The van der Waals surface area contributed by atoms with Gasteiger partial charge in [0.2, 0.25) is 5.91 Å². The van der Waals surface area contributed by atoms with Crippen molar-refractivity contribution in [3.8, 4) is 0 Å². The number of halogens is 1. The standard InChI is InChI=1S/C23H26ClN5O2S/c24-17-9-10-20(25-16-17)27-12-14-28(15-13-27)21(30)8-2-1-5-11-29-22(31)18-6-3-4-7-19(18)26-23(29)32/h3-4,6-7,9-10,16H,1-2,5,8,11-15H2,(H,26,32). The van der Waals surface area contributed by atoms with Crippen LogP contribution >= 0.6 is 23.8 Å². The third-order valence-electron chi connectivity index (χ3n) is 5.83. The molecule has 3 heterocycles. The molecular weight excluding hydrogens is 446 g/mol. The molecule has 0 atom stereocenters. The second kappa shape index (κ2) is 10.3. The number of amides is 1. The van der Waals surface area contributed by atoms with Crippen LogP contribution in [0.5, 0.6) is 0 Å². The summed E-state index contributed by atoms with van der Waals surface area (Å²) in [4.78, 5) is 36.8. The van der Waals surface area contributed by atoms with E-state index in [2.05, 4.69) is 14.9 Å². The fourth-order valence-electron chi connectivity index (χ4n) is 4.02. The predicted octanol–water partition coefficient (Wildman–Crippen LogP) is 4.02. The van der Waals surface area contributed by atoms with Crippen LogP contribution in [0.4, 0.5) is 5.82 Å². The zero-order valence-electron chi connectivity index (χ0n) is 17.8. The summed E-state index contributed by atoms with van der Waals surface area (Å²) in [6.45, 7) is 3.49. The lowest BCUT2D eigenvalue weighted by Gasteiger charge is -2.35. The van der Waals surface area contributed by atoms with Gasteiger partial charge >= 0.3 is 0 Å². The van der Waals surface area contributed by atoms with Gasteiger partial charge in [0.05, 0.1) is 15.9 Å². The summed E-state index contributed by atoms with van der Waals surface area (Å²) in [6.07, 6.45) is 4.65. The molecule has 0 radical (unpaired) electrons.